The molecule has 2 atom stereocenters. The minimum Gasteiger partial charge on any atom is -0.341 e. The van der Waals surface area contributed by atoms with Crippen molar-refractivity contribution in [2.75, 3.05) is 26.2 Å². The molecular formula is C15H27N3O2. The number of carbonyl (C=O) groups is 2. The van der Waals surface area contributed by atoms with Gasteiger partial charge in [0.25, 0.3) is 0 Å². The van der Waals surface area contributed by atoms with Crippen LogP contribution in [-0.2, 0) is 9.59 Å². The number of carbonyl (C=O) groups excluding carboxylic acids is 2. The summed E-state index contributed by atoms with van der Waals surface area (Å²) in [6.07, 6.45) is 5.25. The molecule has 114 valence electrons. The third-order valence-corrected chi connectivity index (χ3v) is 4.42. The summed E-state index contributed by atoms with van der Waals surface area (Å²) in [7, 11) is 0. The Labute approximate surface area is 121 Å². The molecule has 2 fully saturated rings. The van der Waals surface area contributed by atoms with Crippen LogP contribution in [0.2, 0.25) is 0 Å². The number of nitrogens with one attached hydrogen (secondary N) is 1. The summed E-state index contributed by atoms with van der Waals surface area (Å²) >= 11 is 0. The van der Waals surface area contributed by atoms with Crippen molar-refractivity contribution < 1.29 is 9.59 Å². The van der Waals surface area contributed by atoms with Gasteiger partial charge in [-0.1, -0.05) is 6.92 Å². The minimum absolute atomic E-state index is 0.0935. The Bertz CT molecular complexity index is 351. The van der Waals surface area contributed by atoms with Gasteiger partial charge in [0.05, 0.1) is 6.04 Å². The lowest BCUT2D eigenvalue weighted by molar-refractivity contribution is -0.148. The Kier molecular flexibility index (Phi) is 5.40. The maximum Gasteiger partial charge on any atom is 0.245 e. The molecule has 0 saturated carbocycles. The highest BCUT2D eigenvalue weighted by Gasteiger charge is 2.35. The van der Waals surface area contributed by atoms with E-state index >= 15 is 0 Å². The summed E-state index contributed by atoms with van der Waals surface area (Å²) in [5.41, 5.74) is 0. The Morgan fingerprint density at radius 3 is 2.60 bits per heavy atom. The van der Waals surface area contributed by atoms with Crippen molar-refractivity contribution >= 4 is 11.8 Å². The third kappa shape index (κ3) is 3.32. The molecule has 0 radical (unpaired) electrons. The quantitative estimate of drug-likeness (QED) is 0.836. The van der Waals surface area contributed by atoms with Crippen LogP contribution in [0, 0.1) is 0 Å². The molecule has 0 aromatic carbocycles. The number of nitrogens with zero attached hydrogens (tertiary/aromatic N) is 2. The fourth-order valence-corrected chi connectivity index (χ4v) is 3.23. The van der Waals surface area contributed by atoms with Gasteiger partial charge in [0, 0.05) is 19.6 Å². The maximum atomic E-state index is 12.5. The van der Waals surface area contributed by atoms with E-state index in [9.17, 15) is 9.59 Å². The lowest BCUT2D eigenvalue weighted by Crippen LogP contribution is -2.57. The molecule has 0 aromatic rings. The highest BCUT2D eigenvalue weighted by Crippen LogP contribution is 2.18. The number of amides is 2. The molecule has 20 heavy (non-hydrogen) atoms. The van der Waals surface area contributed by atoms with Gasteiger partial charge in [-0.15, -0.1) is 0 Å². The molecule has 0 spiro atoms. The van der Waals surface area contributed by atoms with E-state index in [0.29, 0.717) is 6.54 Å². The van der Waals surface area contributed by atoms with Crippen LogP contribution in [0.1, 0.15) is 46.0 Å². The van der Waals surface area contributed by atoms with Crippen LogP contribution in [0.3, 0.4) is 0 Å². The van der Waals surface area contributed by atoms with Gasteiger partial charge in [-0.3, -0.25) is 9.59 Å². The lowest BCUT2D eigenvalue weighted by Gasteiger charge is -2.38. The monoisotopic (exact) mass is 281 g/mol. The van der Waals surface area contributed by atoms with Crippen molar-refractivity contribution in [3.05, 3.63) is 0 Å². The summed E-state index contributed by atoms with van der Waals surface area (Å²) in [5.74, 6) is 0.214. The molecule has 2 heterocycles. The highest BCUT2D eigenvalue weighted by molar-refractivity contribution is 5.90. The van der Waals surface area contributed by atoms with Crippen molar-refractivity contribution in [3.8, 4) is 0 Å². The maximum absolute atomic E-state index is 12.5. The van der Waals surface area contributed by atoms with Crippen LogP contribution in [0.5, 0.6) is 0 Å². The highest BCUT2D eigenvalue weighted by atomic mass is 16.2. The summed E-state index contributed by atoms with van der Waals surface area (Å²) in [5, 5.41) is 3.22. The summed E-state index contributed by atoms with van der Waals surface area (Å²) < 4.78 is 0. The molecule has 2 amide bonds. The first-order valence-electron chi connectivity index (χ1n) is 7.97. The van der Waals surface area contributed by atoms with Gasteiger partial charge in [-0.05, 0) is 45.6 Å². The largest absolute Gasteiger partial charge is 0.341 e. The Balaban J connectivity index is 1.97. The van der Waals surface area contributed by atoms with E-state index < -0.39 is 0 Å². The molecule has 2 aliphatic rings. The topological polar surface area (TPSA) is 52.7 Å². The van der Waals surface area contributed by atoms with Gasteiger partial charge < -0.3 is 15.1 Å². The second-order valence-corrected chi connectivity index (χ2v) is 5.85. The van der Waals surface area contributed by atoms with Crippen LogP contribution in [0.15, 0.2) is 0 Å². The van der Waals surface area contributed by atoms with Crippen LogP contribution in [-0.4, -0.2) is 59.9 Å². The molecule has 2 aliphatic heterocycles. The predicted molar refractivity (Wildman–Crippen MR) is 78.3 cm³/mol. The zero-order valence-electron chi connectivity index (χ0n) is 12.7. The first-order chi connectivity index (χ1) is 9.65. The molecule has 0 aromatic heterocycles. The van der Waals surface area contributed by atoms with Crippen molar-refractivity contribution in [2.45, 2.75) is 58.0 Å². The zero-order chi connectivity index (χ0) is 14.5. The minimum atomic E-state index is -0.318. The van der Waals surface area contributed by atoms with E-state index in [0.717, 1.165) is 45.3 Å². The first-order valence-corrected chi connectivity index (χ1v) is 7.97. The summed E-state index contributed by atoms with van der Waals surface area (Å²) in [6, 6.07) is -0.424. The van der Waals surface area contributed by atoms with Crippen molar-refractivity contribution in [1.82, 2.24) is 15.1 Å². The molecule has 0 aliphatic carbocycles. The average molecular weight is 281 g/mol. The van der Waals surface area contributed by atoms with Crippen LogP contribution in [0.25, 0.3) is 0 Å². The number of piperidine rings is 2. The molecule has 2 unspecified atom stereocenters. The van der Waals surface area contributed by atoms with Crippen LogP contribution in [0.4, 0.5) is 0 Å². The van der Waals surface area contributed by atoms with E-state index in [1.54, 1.807) is 4.90 Å². The normalized spacial score (nSPS) is 25.7. The van der Waals surface area contributed by atoms with Crippen molar-refractivity contribution in [2.24, 2.45) is 0 Å². The van der Waals surface area contributed by atoms with E-state index in [2.05, 4.69) is 5.32 Å². The first kappa shape index (κ1) is 15.3. The molecule has 2 saturated heterocycles. The molecule has 5 nitrogen and oxygen atoms in total. The van der Waals surface area contributed by atoms with Crippen molar-refractivity contribution in [1.29, 1.82) is 0 Å². The number of hydrogen-bond acceptors (Lipinski definition) is 3. The molecule has 0 bridgehead atoms. The Morgan fingerprint density at radius 1 is 1.25 bits per heavy atom. The molecule has 5 heteroatoms. The van der Waals surface area contributed by atoms with Gasteiger partial charge in [0.1, 0.15) is 6.04 Å². The predicted octanol–water partition coefficient (Wildman–Crippen LogP) is 0.988. The van der Waals surface area contributed by atoms with Crippen LogP contribution >= 0.6 is 0 Å². The fourth-order valence-electron chi connectivity index (χ4n) is 3.23. The Morgan fingerprint density at radius 2 is 1.95 bits per heavy atom. The van der Waals surface area contributed by atoms with Gasteiger partial charge in [-0.2, -0.15) is 0 Å². The van der Waals surface area contributed by atoms with Gasteiger partial charge in [0.15, 0.2) is 0 Å². The van der Waals surface area contributed by atoms with E-state index in [1.165, 1.54) is 6.42 Å². The fraction of sp³-hybridized carbons (Fsp3) is 0.867. The second-order valence-electron chi connectivity index (χ2n) is 5.85. The zero-order valence-corrected chi connectivity index (χ0v) is 12.7. The van der Waals surface area contributed by atoms with E-state index in [4.69, 9.17) is 0 Å². The average Bonchev–Trinajstić information content (AvgIpc) is 2.49. The van der Waals surface area contributed by atoms with E-state index in [1.807, 2.05) is 18.7 Å². The summed E-state index contributed by atoms with van der Waals surface area (Å²) in [4.78, 5) is 28.7. The van der Waals surface area contributed by atoms with Gasteiger partial charge in [-0.25, -0.2) is 0 Å². The SMILES string of the molecule is CCNC1CCCN(C(C)C(=O)N2CCCCC2)C1=O. The van der Waals surface area contributed by atoms with Crippen molar-refractivity contribution in [3.63, 3.8) is 0 Å². The second kappa shape index (κ2) is 7.07. The van der Waals surface area contributed by atoms with Crippen LogP contribution < -0.4 is 5.32 Å². The van der Waals surface area contributed by atoms with Gasteiger partial charge in [0.2, 0.25) is 11.8 Å². The lowest BCUT2D eigenvalue weighted by atomic mass is 10.0. The smallest absolute Gasteiger partial charge is 0.245 e. The van der Waals surface area contributed by atoms with Gasteiger partial charge >= 0.3 is 0 Å². The number of rotatable bonds is 4. The number of hydrogen-bond donors (Lipinski definition) is 1. The molecule has 2 rings (SSSR count). The number of likely N-dealkylation sites (N-methyl/N-ethyl adjacent to an activating group) is 1. The van der Waals surface area contributed by atoms with E-state index in [-0.39, 0.29) is 23.9 Å². The summed E-state index contributed by atoms with van der Waals surface area (Å²) in [6.45, 7) is 7.08. The Hall–Kier alpha value is -1.10. The number of likely N-dealkylation sites (tertiary alicyclic amines) is 2. The third-order valence-electron chi connectivity index (χ3n) is 4.42. The molecular weight excluding hydrogens is 254 g/mol. The molecule has 1 N–H and O–H groups in total. The standard InChI is InChI=1S/C15H27N3O2/c1-3-16-13-8-7-11-18(15(13)20)12(2)14(19)17-9-5-4-6-10-17/h12-13,16H,3-11H2,1-2H3.